The minimum atomic E-state index is -0.300. The first-order valence-electron chi connectivity index (χ1n) is 18.6. The molecule has 0 saturated heterocycles. The molecule has 0 N–H and O–H groups in total. The normalized spacial score (nSPS) is 11.7. The van der Waals surface area contributed by atoms with E-state index in [1.165, 1.54) is 161 Å². The summed E-state index contributed by atoms with van der Waals surface area (Å²) in [6.45, 7) is 9.19. The van der Waals surface area contributed by atoms with Crippen molar-refractivity contribution in [2.24, 2.45) is 0 Å². The maximum absolute atomic E-state index is 11.2. The third-order valence-electron chi connectivity index (χ3n) is 8.00. The molecule has 0 heterocycles. The SMILES string of the molecule is CCCCCCCCCCCCCCCCCCOC(=O)C(C)S.CCCCCCC[CH2][Sn][CH2]CCCCCCC. The van der Waals surface area contributed by atoms with Gasteiger partial charge in [-0.15, -0.1) is 0 Å². The Morgan fingerprint density at radius 2 is 0.756 bits per heavy atom. The predicted octanol–water partition coefficient (Wildman–Crippen LogP) is 13.4. The molecular formula is C37H76O2SSn. The number of carbonyl (C=O) groups excluding carboxylic acids is 1. The summed E-state index contributed by atoms with van der Waals surface area (Å²) in [7, 11) is 0. The molecule has 1 atom stereocenters. The predicted molar refractivity (Wildman–Crippen MR) is 191 cm³/mol. The third kappa shape index (κ3) is 42.8. The van der Waals surface area contributed by atoms with Crippen molar-refractivity contribution < 1.29 is 9.53 Å². The molecule has 4 heteroatoms. The van der Waals surface area contributed by atoms with Crippen LogP contribution in [0.4, 0.5) is 0 Å². The summed E-state index contributed by atoms with van der Waals surface area (Å²) < 4.78 is 8.42. The van der Waals surface area contributed by atoms with E-state index in [1.807, 2.05) is 0 Å². The van der Waals surface area contributed by atoms with Crippen LogP contribution in [0.15, 0.2) is 0 Å². The summed E-state index contributed by atoms with van der Waals surface area (Å²) in [5.74, 6) is -0.195. The first kappa shape index (κ1) is 43.7. The van der Waals surface area contributed by atoms with Gasteiger partial charge in [-0.1, -0.05) is 103 Å². The summed E-state index contributed by atoms with van der Waals surface area (Å²) in [4.78, 5) is 11.2. The number of unbranched alkanes of at least 4 members (excludes halogenated alkanes) is 25. The third-order valence-corrected chi connectivity index (χ3v) is 12.2. The van der Waals surface area contributed by atoms with Crippen LogP contribution in [0.25, 0.3) is 0 Å². The molecule has 0 fully saturated rings. The molecule has 1 unspecified atom stereocenters. The molecule has 2 nitrogen and oxygen atoms in total. The van der Waals surface area contributed by atoms with Gasteiger partial charge < -0.3 is 4.74 Å². The molecule has 0 aromatic heterocycles. The van der Waals surface area contributed by atoms with Gasteiger partial charge >= 0.3 is 127 Å². The Balaban J connectivity index is 0. The summed E-state index contributed by atoms with van der Waals surface area (Å²) >= 11 is 4.13. The van der Waals surface area contributed by atoms with Crippen LogP contribution in [0.5, 0.6) is 0 Å². The van der Waals surface area contributed by atoms with E-state index in [4.69, 9.17) is 4.74 Å². The van der Waals surface area contributed by atoms with Crippen LogP contribution in [-0.2, 0) is 9.53 Å². The monoisotopic (exact) mass is 704 g/mol. The molecule has 0 spiro atoms. The Hall–Kier alpha value is 0.619. The van der Waals surface area contributed by atoms with Crippen molar-refractivity contribution in [2.75, 3.05) is 6.61 Å². The van der Waals surface area contributed by atoms with Gasteiger partial charge in [0.25, 0.3) is 0 Å². The van der Waals surface area contributed by atoms with Crippen LogP contribution in [0.2, 0.25) is 8.87 Å². The van der Waals surface area contributed by atoms with E-state index in [9.17, 15) is 4.79 Å². The Morgan fingerprint density at radius 1 is 0.488 bits per heavy atom. The van der Waals surface area contributed by atoms with Gasteiger partial charge in [-0.3, -0.25) is 4.79 Å². The van der Waals surface area contributed by atoms with Gasteiger partial charge in [0.2, 0.25) is 0 Å². The Bertz CT molecular complexity index is 458. The molecule has 0 saturated carbocycles. The van der Waals surface area contributed by atoms with Crippen molar-refractivity contribution in [1.82, 2.24) is 0 Å². The van der Waals surface area contributed by atoms with E-state index < -0.39 is 0 Å². The molecule has 2 radical (unpaired) electrons. The van der Waals surface area contributed by atoms with Crippen LogP contribution in [-0.4, -0.2) is 39.0 Å². The molecule has 0 aliphatic carbocycles. The first-order chi connectivity index (χ1) is 20.1. The Morgan fingerprint density at radius 3 is 1.05 bits per heavy atom. The van der Waals surface area contributed by atoms with Crippen LogP contribution >= 0.6 is 12.6 Å². The topological polar surface area (TPSA) is 26.3 Å². The molecule has 0 aliphatic rings. The van der Waals surface area contributed by atoms with E-state index in [2.05, 4.69) is 33.4 Å². The number of carbonyl (C=O) groups is 1. The van der Waals surface area contributed by atoms with Crippen molar-refractivity contribution in [3.63, 3.8) is 0 Å². The molecule has 41 heavy (non-hydrogen) atoms. The second kappa shape index (κ2) is 40.6. The van der Waals surface area contributed by atoms with Crippen LogP contribution < -0.4 is 0 Å². The fourth-order valence-electron chi connectivity index (χ4n) is 5.13. The average Bonchev–Trinajstić information content (AvgIpc) is 2.97. The van der Waals surface area contributed by atoms with E-state index >= 15 is 0 Å². The van der Waals surface area contributed by atoms with Gasteiger partial charge in [-0.25, -0.2) is 0 Å². The van der Waals surface area contributed by atoms with Crippen molar-refractivity contribution in [3.8, 4) is 0 Å². The van der Waals surface area contributed by atoms with Crippen molar-refractivity contribution in [1.29, 1.82) is 0 Å². The van der Waals surface area contributed by atoms with Gasteiger partial charge in [0.1, 0.15) is 0 Å². The zero-order valence-corrected chi connectivity index (χ0v) is 32.5. The summed E-state index contributed by atoms with van der Waals surface area (Å²) in [6.07, 6.45) is 39.6. The number of esters is 1. The molecule has 0 amide bonds. The van der Waals surface area contributed by atoms with Crippen molar-refractivity contribution in [3.05, 3.63) is 0 Å². The number of rotatable bonds is 32. The number of hydrogen-bond acceptors (Lipinski definition) is 3. The van der Waals surface area contributed by atoms with Gasteiger partial charge in [0.15, 0.2) is 0 Å². The summed E-state index contributed by atoms with van der Waals surface area (Å²) in [6, 6.07) is 0. The minimum absolute atomic E-state index is 0.0736. The van der Waals surface area contributed by atoms with E-state index in [-0.39, 0.29) is 32.4 Å². The van der Waals surface area contributed by atoms with E-state index in [1.54, 1.807) is 28.6 Å². The van der Waals surface area contributed by atoms with Crippen LogP contribution in [0, 0.1) is 0 Å². The number of thiol groups is 1. The fourth-order valence-corrected chi connectivity index (χ4v) is 8.77. The summed E-state index contributed by atoms with van der Waals surface area (Å²) in [5, 5.41) is -0.300. The van der Waals surface area contributed by atoms with Gasteiger partial charge in [0.05, 0.1) is 11.9 Å². The Kier molecular flexibility index (Phi) is 43.3. The number of ether oxygens (including phenoxy) is 1. The molecule has 0 bridgehead atoms. The fraction of sp³-hybridized carbons (Fsp3) is 0.973. The second-order valence-corrected chi connectivity index (χ2v) is 17.5. The second-order valence-electron chi connectivity index (χ2n) is 12.4. The van der Waals surface area contributed by atoms with E-state index in [0.717, 1.165) is 6.42 Å². The zero-order chi connectivity index (χ0) is 30.5. The molecule has 0 aliphatic heterocycles. The van der Waals surface area contributed by atoms with Crippen LogP contribution in [0.3, 0.4) is 0 Å². The van der Waals surface area contributed by atoms with E-state index in [0.29, 0.717) is 6.61 Å². The standard InChI is InChI=1S/C21H42O2S.2C8H17.Sn/c1-3-4-5-6-7-8-9-10-11-12-13-14-15-16-17-18-19-23-21(22)20(2)24;2*1-3-5-7-8-6-4-2;/h20,24H,3-19H2,1-2H3;2*1,3-8H2,2H3;. The maximum atomic E-state index is 11.2. The Labute approximate surface area is 276 Å². The zero-order valence-electron chi connectivity index (χ0n) is 28.8. The molecule has 0 aromatic carbocycles. The van der Waals surface area contributed by atoms with Gasteiger partial charge in [-0.05, 0) is 13.3 Å². The van der Waals surface area contributed by atoms with Crippen molar-refractivity contribution in [2.45, 2.75) is 222 Å². The molecule has 0 rings (SSSR count). The molecule has 0 aromatic rings. The van der Waals surface area contributed by atoms with Gasteiger partial charge in [-0.2, -0.15) is 12.6 Å². The summed E-state index contributed by atoms with van der Waals surface area (Å²) in [5.41, 5.74) is 0. The molecule has 246 valence electrons. The first-order valence-corrected chi connectivity index (χ1v) is 23.2. The average molecular weight is 704 g/mol. The van der Waals surface area contributed by atoms with Crippen molar-refractivity contribution >= 4 is 39.7 Å². The van der Waals surface area contributed by atoms with Gasteiger partial charge in [0, 0.05) is 0 Å². The van der Waals surface area contributed by atoms with Crippen LogP contribution in [0.1, 0.15) is 207 Å². The quantitative estimate of drug-likeness (QED) is 0.0327. The molecular weight excluding hydrogens is 627 g/mol. The number of hydrogen-bond donors (Lipinski definition) is 1.